The van der Waals surface area contributed by atoms with Gasteiger partial charge in [-0.2, -0.15) is 13.2 Å². The fourth-order valence-corrected chi connectivity index (χ4v) is 4.37. The van der Waals surface area contributed by atoms with Crippen LogP contribution in [0.3, 0.4) is 0 Å². The lowest BCUT2D eigenvalue weighted by molar-refractivity contribution is -0.137. The fourth-order valence-electron chi connectivity index (χ4n) is 4.18. The molecule has 3 aromatic rings. The van der Waals surface area contributed by atoms with Crippen LogP contribution < -0.4 is 15.5 Å². The molecule has 35 heavy (non-hydrogen) atoms. The monoisotopic (exact) mass is 504 g/mol. The Hall–Kier alpha value is -3.67. The molecule has 0 saturated carbocycles. The minimum Gasteiger partial charge on any atom is -0.366 e. The summed E-state index contributed by atoms with van der Waals surface area (Å²) in [6.45, 7) is 3.15. The number of carbonyl (C=O) groups excluding carboxylic acids is 1. The van der Waals surface area contributed by atoms with Crippen molar-refractivity contribution in [3.63, 3.8) is 0 Å². The van der Waals surface area contributed by atoms with Crippen LogP contribution in [0.5, 0.6) is 0 Å². The number of fused-ring (bicyclic) bond motifs is 2. The molecule has 4 heterocycles. The molecule has 2 aromatic heterocycles. The number of amides is 2. The Morgan fingerprint density at radius 1 is 1.26 bits per heavy atom. The van der Waals surface area contributed by atoms with E-state index in [0.29, 0.717) is 47.2 Å². The summed E-state index contributed by atoms with van der Waals surface area (Å²) >= 11 is 6.14. The van der Waals surface area contributed by atoms with Gasteiger partial charge in [-0.1, -0.05) is 12.1 Å². The summed E-state index contributed by atoms with van der Waals surface area (Å²) in [6.07, 6.45) is -1.45. The zero-order valence-electron chi connectivity index (χ0n) is 18.5. The average Bonchev–Trinajstić information content (AvgIpc) is 3.27. The van der Waals surface area contributed by atoms with Crippen LogP contribution in [0.25, 0.3) is 0 Å². The predicted octanol–water partition coefficient (Wildman–Crippen LogP) is 4.48. The van der Waals surface area contributed by atoms with Gasteiger partial charge in [0.2, 0.25) is 5.28 Å². The smallest absolute Gasteiger partial charge is 0.366 e. The average molecular weight is 505 g/mol. The third kappa shape index (κ3) is 4.53. The van der Waals surface area contributed by atoms with E-state index in [1.54, 1.807) is 29.0 Å². The molecule has 2 amide bonds. The van der Waals surface area contributed by atoms with Gasteiger partial charge < -0.3 is 15.5 Å². The number of nitrogens with zero attached hydrogens (tertiary/aromatic N) is 6. The summed E-state index contributed by atoms with van der Waals surface area (Å²) in [5.74, 6) is 0.959. The predicted molar refractivity (Wildman–Crippen MR) is 123 cm³/mol. The lowest BCUT2D eigenvalue weighted by Crippen LogP contribution is -2.45. The van der Waals surface area contributed by atoms with Crippen LogP contribution in [0.2, 0.25) is 5.28 Å². The molecule has 5 rings (SSSR count). The van der Waals surface area contributed by atoms with E-state index >= 15 is 0 Å². The summed E-state index contributed by atoms with van der Waals surface area (Å²) < 4.78 is 39.4. The molecule has 182 valence electrons. The standard InChI is InChI=1S/C22H20ClF3N8O/c1-12(13-3-2-4-14(7-13)22(24,25)26)30-18-15-9-33(10-16(15)31-20(23)32-18)21(35)34-6-5-28-19-17(34)8-27-11-29-19/h2-4,7-8,11-12H,5-6,9-10H2,1H3,(H,27,28,29)(H,30,31,32)/t12-/m1/s1. The van der Waals surface area contributed by atoms with Gasteiger partial charge in [-0.05, 0) is 36.2 Å². The van der Waals surface area contributed by atoms with E-state index in [-0.39, 0.29) is 24.4 Å². The maximum atomic E-state index is 13.4. The third-order valence-corrected chi connectivity index (χ3v) is 6.10. The van der Waals surface area contributed by atoms with Crippen LogP contribution in [0, 0.1) is 0 Å². The summed E-state index contributed by atoms with van der Waals surface area (Å²) in [6, 6.07) is 4.35. The second-order valence-corrected chi connectivity index (χ2v) is 8.57. The highest BCUT2D eigenvalue weighted by Crippen LogP contribution is 2.35. The number of rotatable bonds is 3. The van der Waals surface area contributed by atoms with Crippen molar-refractivity contribution in [1.29, 1.82) is 0 Å². The number of alkyl halides is 3. The maximum absolute atomic E-state index is 13.4. The molecule has 0 unspecified atom stereocenters. The maximum Gasteiger partial charge on any atom is 0.416 e. The van der Waals surface area contributed by atoms with Gasteiger partial charge in [-0.25, -0.2) is 24.7 Å². The molecule has 9 nitrogen and oxygen atoms in total. The van der Waals surface area contributed by atoms with Crippen molar-refractivity contribution in [2.24, 2.45) is 0 Å². The number of carbonyl (C=O) groups is 1. The van der Waals surface area contributed by atoms with Crippen LogP contribution >= 0.6 is 11.6 Å². The summed E-state index contributed by atoms with van der Waals surface area (Å²) in [4.78, 5) is 33.3. The van der Waals surface area contributed by atoms with Crippen LogP contribution in [-0.4, -0.2) is 44.0 Å². The molecule has 2 N–H and O–H groups in total. The summed E-state index contributed by atoms with van der Waals surface area (Å²) in [5.41, 5.74) is 1.54. The fraction of sp³-hybridized carbons (Fsp3) is 0.318. The van der Waals surface area contributed by atoms with Gasteiger partial charge >= 0.3 is 12.2 Å². The van der Waals surface area contributed by atoms with Crippen LogP contribution in [0.1, 0.15) is 35.3 Å². The van der Waals surface area contributed by atoms with Crippen molar-refractivity contribution in [3.8, 4) is 0 Å². The quantitative estimate of drug-likeness (QED) is 0.507. The molecule has 0 spiro atoms. The highest BCUT2D eigenvalue weighted by molar-refractivity contribution is 6.28. The molecule has 0 radical (unpaired) electrons. The molecule has 0 aliphatic carbocycles. The van der Waals surface area contributed by atoms with E-state index in [4.69, 9.17) is 11.6 Å². The SMILES string of the molecule is C[C@@H](Nc1nc(Cl)nc2c1CN(C(=O)N1CCNc3ncncc31)C2)c1cccc(C(F)(F)F)c1. The normalized spacial score (nSPS) is 15.8. The van der Waals surface area contributed by atoms with E-state index in [9.17, 15) is 18.0 Å². The second kappa shape index (κ2) is 8.84. The van der Waals surface area contributed by atoms with Crippen molar-refractivity contribution >= 4 is 35.0 Å². The molecular formula is C22H20ClF3N8O. The molecule has 1 aromatic carbocycles. The molecular weight excluding hydrogens is 485 g/mol. The van der Waals surface area contributed by atoms with Crippen LogP contribution in [0.15, 0.2) is 36.8 Å². The minimum absolute atomic E-state index is 0.0160. The number of hydrogen-bond donors (Lipinski definition) is 2. The number of hydrogen-bond acceptors (Lipinski definition) is 7. The lowest BCUT2D eigenvalue weighted by atomic mass is 10.0. The third-order valence-electron chi connectivity index (χ3n) is 5.94. The first-order valence-electron chi connectivity index (χ1n) is 10.8. The van der Waals surface area contributed by atoms with Crippen molar-refractivity contribution in [2.75, 3.05) is 28.6 Å². The van der Waals surface area contributed by atoms with E-state index < -0.39 is 17.8 Å². The number of urea groups is 1. The molecule has 2 aliphatic heterocycles. The summed E-state index contributed by atoms with van der Waals surface area (Å²) in [7, 11) is 0. The molecule has 0 bridgehead atoms. The van der Waals surface area contributed by atoms with Crippen LogP contribution in [0.4, 0.5) is 35.3 Å². The number of benzene rings is 1. The van der Waals surface area contributed by atoms with E-state index in [2.05, 4.69) is 30.6 Å². The highest BCUT2D eigenvalue weighted by Gasteiger charge is 2.34. The van der Waals surface area contributed by atoms with Gasteiger partial charge in [0.1, 0.15) is 17.8 Å². The second-order valence-electron chi connectivity index (χ2n) is 8.23. The number of anilines is 3. The molecule has 13 heteroatoms. The van der Waals surface area contributed by atoms with E-state index in [1.165, 1.54) is 12.4 Å². The van der Waals surface area contributed by atoms with Gasteiger partial charge in [0.25, 0.3) is 0 Å². The molecule has 1 atom stereocenters. The molecule has 2 aliphatic rings. The largest absolute Gasteiger partial charge is 0.416 e. The lowest BCUT2D eigenvalue weighted by Gasteiger charge is -2.32. The Kier molecular flexibility index (Phi) is 5.83. The first kappa shape index (κ1) is 23.1. The Morgan fingerprint density at radius 2 is 2.09 bits per heavy atom. The van der Waals surface area contributed by atoms with Crippen molar-refractivity contribution in [3.05, 3.63) is 64.5 Å². The summed E-state index contributed by atoms with van der Waals surface area (Å²) in [5, 5.41) is 6.27. The molecule has 0 saturated heterocycles. The van der Waals surface area contributed by atoms with E-state index in [1.807, 2.05) is 0 Å². The topological polar surface area (TPSA) is 99.2 Å². The zero-order valence-corrected chi connectivity index (χ0v) is 19.2. The van der Waals surface area contributed by atoms with Crippen molar-refractivity contribution < 1.29 is 18.0 Å². The first-order chi connectivity index (χ1) is 16.7. The Morgan fingerprint density at radius 3 is 2.89 bits per heavy atom. The zero-order chi connectivity index (χ0) is 24.7. The van der Waals surface area contributed by atoms with Gasteiger partial charge in [0.05, 0.1) is 30.5 Å². The van der Waals surface area contributed by atoms with Gasteiger partial charge in [0, 0.05) is 24.7 Å². The Bertz CT molecular complexity index is 1290. The highest BCUT2D eigenvalue weighted by atomic mass is 35.5. The van der Waals surface area contributed by atoms with E-state index in [0.717, 1.165) is 12.1 Å². The van der Waals surface area contributed by atoms with Gasteiger partial charge in [0.15, 0.2) is 5.82 Å². The number of aromatic nitrogens is 4. The Balaban J connectivity index is 1.37. The van der Waals surface area contributed by atoms with Crippen molar-refractivity contribution in [2.45, 2.75) is 32.2 Å². The van der Waals surface area contributed by atoms with Gasteiger partial charge in [-0.15, -0.1) is 0 Å². The first-order valence-corrected chi connectivity index (χ1v) is 11.2. The molecule has 0 fully saturated rings. The van der Waals surface area contributed by atoms with Crippen LogP contribution in [-0.2, 0) is 19.3 Å². The Labute approximate surface area is 203 Å². The number of halogens is 4. The number of nitrogens with one attached hydrogen (secondary N) is 2. The van der Waals surface area contributed by atoms with Gasteiger partial charge in [-0.3, -0.25) is 4.90 Å². The minimum atomic E-state index is -4.44. The van der Waals surface area contributed by atoms with Crippen molar-refractivity contribution in [1.82, 2.24) is 24.8 Å².